The lowest BCUT2D eigenvalue weighted by Crippen LogP contribution is -1.95. The van der Waals surface area contributed by atoms with Gasteiger partial charge in [0.05, 0.1) is 5.69 Å². The number of hydrogen-bond acceptors (Lipinski definition) is 1. The fraction of sp³-hybridized carbons (Fsp3) is 0.154. The average molecular weight is 196 g/mol. The predicted octanol–water partition coefficient (Wildman–Crippen LogP) is 2.24. The lowest BCUT2D eigenvalue weighted by molar-refractivity contribution is 0.706. The van der Waals surface area contributed by atoms with E-state index >= 15 is 0 Å². The minimum absolute atomic E-state index is 0.642. The van der Waals surface area contributed by atoms with Crippen LogP contribution in [0.5, 0.6) is 0 Å². The molecule has 0 aliphatic rings. The number of hydrogen-bond donors (Lipinski definition) is 0. The van der Waals surface area contributed by atoms with Gasteiger partial charge in [-0.15, -0.1) is 0 Å². The maximum absolute atomic E-state index is 4.26. The molecule has 0 N–H and O–H groups in total. The van der Waals surface area contributed by atoms with Crippen LogP contribution in [0.2, 0.25) is 0 Å². The summed E-state index contributed by atoms with van der Waals surface area (Å²) in [4.78, 5) is 0. The molecule has 2 heteroatoms. The molecule has 2 nitrogen and oxygen atoms in total. The monoisotopic (exact) mass is 196 g/mol. The predicted molar refractivity (Wildman–Crippen MR) is 60.3 cm³/mol. The van der Waals surface area contributed by atoms with Gasteiger partial charge in [-0.05, 0) is 25.1 Å². The summed E-state index contributed by atoms with van der Waals surface area (Å²) in [6.07, 6.45) is 1.94. The molecule has 1 aromatic heterocycles. The van der Waals surface area contributed by atoms with Crippen molar-refractivity contribution >= 4 is 0 Å². The van der Waals surface area contributed by atoms with E-state index in [9.17, 15) is 0 Å². The minimum Gasteiger partial charge on any atom is -0.260 e. The average Bonchev–Trinajstić information content (AvgIpc) is 2.66. The van der Waals surface area contributed by atoms with E-state index < -0.39 is 0 Å². The molecule has 2 rings (SSSR count). The Morgan fingerprint density at radius 1 is 1.20 bits per heavy atom. The van der Waals surface area contributed by atoms with Crippen molar-refractivity contribution in [3.63, 3.8) is 0 Å². The highest BCUT2D eigenvalue weighted by molar-refractivity contribution is 5.33. The molecule has 0 unspecified atom stereocenters. The summed E-state index contributed by atoms with van der Waals surface area (Å²) < 4.78 is 1.84. The lowest BCUT2D eigenvalue weighted by Gasteiger charge is -1.91. The third-order valence-corrected chi connectivity index (χ3v) is 2.02. The van der Waals surface area contributed by atoms with Gasteiger partial charge in [0, 0.05) is 11.8 Å². The lowest BCUT2D eigenvalue weighted by atomic mass is 10.2. The van der Waals surface area contributed by atoms with Gasteiger partial charge in [-0.3, -0.25) is 4.68 Å². The molecule has 1 heterocycles. The van der Waals surface area contributed by atoms with Gasteiger partial charge in [0.25, 0.3) is 0 Å². The molecule has 0 bridgehead atoms. The summed E-state index contributed by atoms with van der Waals surface area (Å²) in [6.45, 7) is 2.61. The smallest absolute Gasteiger partial charge is 0.102 e. The maximum Gasteiger partial charge on any atom is 0.102 e. The van der Waals surface area contributed by atoms with E-state index in [1.165, 1.54) is 0 Å². The first-order valence-electron chi connectivity index (χ1n) is 4.88. The SMILES string of the molecule is Cc1ccn(CC#Cc2ccccc2)n1. The van der Waals surface area contributed by atoms with Crippen LogP contribution >= 0.6 is 0 Å². The van der Waals surface area contributed by atoms with Gasteiger partial charge < -0.3 is 0 Å². The molecule has 1 aromatic carbocycles. The molecule has 15 heavy (non-hydrogen) atoms. The van der Waals surface area contributed by atoms with E-state index in [0.29, 0.717) is 6.54 Å². The van der Waals surface area contributed by atoms with Crippen molar-refractivity contribution < 1.29 is 0 Å². The van der Waals surface area contributed by atoms with Crippen molar-refractivity contribution in [1.29, 1.82) is 0 Å². The molecule has 0 aliphatic heterocycles. The molecule has 0 saturated carbocycles. The Morgan fingerprint density at radius 2 is 2.00 bits per heavy atom. The molecule has 0 atom stereocenters. The molecule has 2 aromatic rings. The van der Waals surface area contributed by atoms with Crippen LogP contribution < -0.4 is 0 Å². The third kappa shape index (κ3) is 2.72. The standard InChI is InChI=1S/C13H12N2/c1-12-9-11-15(14-12)10-5-8-13-6-3-2-4-7-13/h2-4,6-7,9,11H,10H2,1H3. The van der Waals surface area contributed by atoms with Crippen molar-refractivity contribution in [2.75, 3.05) is 0 Å². The largest absolute Gasteiger partial charge is 0.260 e. The third-order valence-electron chi connectivity index (χ3n) is 2.02. The van der Waals surface area contributed by atoms with Gasteiger partial charge in [-0.25, -0.2) is 0 Å². The summed E-state index contributed by atoms with van der Waals surface area (Å²) in [5.41, 5.74) is 2.07. The van der Waals surface area contributed by atoms with Gasteiger partial charge in [-0.2, -0.15) is 5.10 Å². The van der Waals surface area contributed by atoms with Crippen LogP contribution in [0.1, 0.15) is 11.3 Å². The van der Waals surface area contributed by atoms with E-state index in [-0.39, 0.29) is 0 Å². The first-order valence-corrected chi connectivity index (χ1v) is 4.88. The van der Waals surface area contributed by atoms with Crippen molar-refractivity contribution in [2.45, 2.75) is 13.5 Å². The van der Waals surface area contributed by atoms with E-state index in [1.807, 2.05) is 54.2 Å². The summed E-state index contributed by atoms with van der Waals surface area (Å²) in [5.74, 6) is 6.17. The van der Waals surface area contributed by atoms with Crippen LogP contribution in [0.4, 0.5) is 0 Å². The molecule has 0 saturated heterocycles. The quantitative estimate of drug-likeness (QED) is 0.640. The van der Waals surface area contributed by atoms with Crippen molar-refractivity contribution in [2.24, 2.45) is 0 Å². The second-order valence-electron chi connectivity index (χ2n) is 3.32. The van der Waals surface area contributed by atoms with Crippen LogP contribution in [-0.4, -0.2) is 9.78 Å². The zero-order valence-electron chi connectivity index (χ0n) is 8.64. The number of rotatable bonds is 1. The zero-order chi connectivity index (χ0) is 10.5. The summed E-state index contributed by atoms with van der Waals surface area (Å²) in [5, 5.41) is 4.26. The topological polar surface area (TPSA) is 17.8 Å². The Labute approximate surface area is 89.6 Å². The first kappa shape index (κ1) is 9.54. The van der Waals surface area contributed by atoms with Gasteiger partial charge in [-0.1, -0.05) is 30.0 Å². The first-order chi connectivity index (χ1) is 7.34. The van der Waals surface area contributed by atoms with Gasteiger partial charge in [0.1, 0.15) is 6.54 Å². The normalized spacial score (nSPS) is 9.40. The molecule has 74 valence electrons. The fourth-order valence-corrected chi connectivity index (χ4v) is 1.30. The Kier molecular flexibility index (Phi) is 2.85. The molecule has 0 spiro atoms. The molecule has 0 aliphatic carbocycles. The van der Waals surface area contributed by atoms with Gasteiger partial charge >= 0.3 is 0 Å². The Bertz CT molecular complexity index is 486. The second-order valence-corrected chi connectivity index (χ2v) is 3.32. The van der Waals surface area contributed by atoms with Gasteiger partial charge in [0.2, 0.25) is 0 Å². The molecular weight excluding hydrogens is 184 g/mol. The van der Waals surface area contributed by atoms with Crippen molar-refractivity contribution in [1.82, 2.24) is 9.78 Å². The van der Waals surface area contributed by atoms with Gasteiger partial charge in [0.15, 0.2) is 0 Å². The summed E-state index contributed by atoms with van der Waals surface area (Å²) in [7, 11) is 0. The number of aryl methyl sites for hydroxylation is 1. The fourth-order valence-electron chi connectivity index (χ4n) is 1.30. The van der Waals surface area contributed by atoms with Crippen LogP contribution in [0.3, 0.4) is 0 Å². The number of aromatic nitrogens is 2. The van der Waals surface area contributed by atoms with E-state index in [0.717, 1.165) is 11.3 Å². The molecule has 0 radical (unpaired) electrons. The van der Waals surface area contributed by atoms with Crippen LogP contribution in [0.25, 0.3) is 0 Å². The second kappa shape index (κ2) is 4.47. The van der Waals surface area contributed by atoms with E-state index in [2.05, 4.69) is 16.9 Å². The summed E-state index contributed by atoms with van der Waals surface area (Å²) in [6, 6.07) is 11.9. The molecule has 0 amide bonds. The van der Waals surface area contributed by atoms with Crippen LogP contribution in [0, 0.1) is 18.8 Å². The van der Waals surface area contributed by atoms with Crippen LogP contribution in [0.15, 0.2) is 42.6 Å². The zero-order valence-corrected chi connectivity index (χ0v) is 8.64. The van der Waals surface area contributed by atoms with E-state index in [1.54, 1.807) is 0 Å². The molecular formula is C13H12N2. The highest BCUT2D eigenvalue weighted by atomic mass is 15.3. The minimum atomic E-state index is 0.642. The Hall–Kier alpha value is -2.01. The van der Waals surface area contributed by atoms with Crippen LogP contribution in [-0.2, 0) is 6.54 Å². The van der Waals surface area contributed by atoms with Crippen molar-refractivity contribution in [3.05, 3.63) is 53.9 Å². The van der Waals surface area contributed by atoms with Crippen molar-refractivity contribution in [3.8, 4) is 11.8 Å². The van der Waals surface area contributed by atoms with E-state index in [4.69, 9.17) is 0 Å². The maximum atomic E-state index is 4.26. The highest BCUT2D eigenvalue weighted by Crippen LogP contribution is 1.95. The number of nitrogens with zero attached hydrogens (tertiary/aromatic N) is 2. The Morgan fingerprint density at radius 3 is 2.67 bits per heavy atom. The molecule has 0 fully saturated rings. The summed E-state index contributed by atoms with van der Waals surface area (Å²) >= 11 is 0. The highest BCUT2D eigenvalue weighted by Gasteiger charge is 1.89. The number of benzene rings is 1. The Balaban J connectivity index is 2.02.